The van der Waals surface area contributed by atoms with Gasteiger partial charge in [-0.25, -0.2) is 14.2 Å². The first kappa shape index (κ1) is 19.0. The molecule has 1 aromatic carbocycles. The van der Waals surface area contributed by atoms with Crippen molar-refractivity contribution in [2.24, 2.45) is 0 Å². The fourth-order valence-corrected chi connectivity index (χ4v) is 3.13. The number of esters is 1. The van der Waals surface area contributed by atoms with Crippen LogP contribution in [0.1, 0.15) is 46.1 Å². The van der Waals surface area contributed by atoms with E-state index in [1.54, 1.807) is 32.2 Å². The Balaban J connectivity index is 1.44. The van der Waals surface area contributed by atoms with E-state index in [1.165, 1.54) is 17.0 Å². The zero-order valence-corrected chi connectivity index (χ0v) is 16.1. The minimum Gasteiger partial charge on any atom is -0.452 e. The maximum absolute atomic E-state index is 13.0. The lowest BCUT2D eigenvalue weighted by Gasteiger charge is -2.17. The van der Waals surface area contributed by atoms with E-state index in [0.717, 1.165) is 24.1 Å². The smallest absolute Gasteiger partial charge is 0.339 e. The summed E-state index contributed by atoms with van der Waals surface area (Å²) in [4.78, 5) is 30.9. The predicted molar refractivity (Wildman–Crippen MR) is 102 cm³/mol. The number of nitrogens with zero attached hydrogens (tertiary/aromatic N) is 3. The lowest BCUT2D eigenvalue weighted by atomic mass is 10.1. The van der Waals surface area contributed by atoms with Gasteiger partial charge >= 0.3 is 5.97 Å². The number of benzene rings is 1. The Morgan fingerprint density at radius 3 is 2.69 bits per heavy atom. The van der Waals surface area contributed by atoms with E-state index in [-0.39, 0.29) is 18.3 Å². The van der Waals surface area contributed by atoms with Crippen LogP contribution in [-0.4, -0.2) is 40.6 Å². The van der Waals surface area contributed by atoms with E-state index in [9.17, 15) is 14.0 Å². The molecule has 1 aliphatic carbocycles. The number of carbonyl (C=O) groups excluding carboxylic acids is 2. The van der Waals surface area contributed by atoms with Gasteiger partial charge in [0.05, 0.1) is 16.6 Å². The molecule has 150 valence electrons. The molecule has 1 aliphatic rings. The highest BCUT2D eigenvalue weighted by Crippen LogP contribution is 2.40. The molecule has 0 atom stereocenters. The number of likely N-dealkylation sites (N-methyl/N-ethyl adjacent to an activating group) is 1. The molecule has 7 nitrogen and oxygen atoms in total. The summed E-state index contributed by atoms with van der Waals surface area (Å²) in [5, 5.41) is 4.40. The third-order valence-corrected chi connectivity index (χ3v) is 4.94. The number of hydrogen-bond donors (Lipinski definition) is 0. The van der Waals surface area contributed by atoms with Crippen LogP contribution in [0.3, 0.4) is 0 Å². The maximum Gasteiger partial charge on any atom is 0.339 e. The van der Waals surface area contributed by atoms with Crippen molar-refractivity contribution in [1.29, 1.82) is 0 Å². The molecule has 0 saturated heterocycles. The number of halogens is 1. The van der Waals surface area contributed by atoms with E-state index in [4.69, 9.17) is 9.26 Å². The van der Waals surface area contributed by atoms with Gasteiger partial charge in [-0.2, -0.15) is 0 Å². The third-order valence-electron chi connectivity index (χ3n) is 4.94. The van der Waals surface area contributed by atoms with Crippen molar-refractivity contribution in [3.63, 3.8) is 0 Å². The van der Waals surface area contributed by atoms with Crippen molar-refractivity contribution in [2.75, 3.05) is 13.7 Å². The fraction of sp³-hybridized carbons (Fsp3) is 0.333. The topological polar surface area (TPSA) is 85.5 Å². The van der Waals surface area contributed by atoms with Crippen LogP contribution in [0, 0.1) is 12.7 Å². The van der Waals surface area contributed by atoms with Crippen molar-refractivity contribution < 1.29 is 23.2 Å². The summed E-state index contributed by atoms with van der Waals surface area (Å²) in [5.74, 6) is -0.999. The number of aromatic nitrogens is 2. The summed E-state index contributed by atoms with van der Waals surface area (Å²) in [5.41, 5.74) is 2.71. The SMILES string of the molecule is Cc1noc2nc(C3CC3)cc(C(=O)OCC(=O)N(C)Cc3ccc(F)cc3)c12. The van der Waals surface area contributed by atoms with Gasteiger partial charge in [0.1, 0.15) is 5.82 Å². The number of ether oxygens (including phenoxy) is 1. The first-order valence-electron chi connectivity index (χ1n) is 9.35. The van der Waals surface area contributed by atoms with Gasteiger partial charge in [-0.05, 0) is 43.5 Å². The van der Waals surface area contributed by atoms with Crippen LogP contribution in [0.15, 0.2) is 34.9 Å². The second-order valence-electron chi connectivity index (χ2n) is 7.27. The lowest BCUT2D eigenvalue weighted by molar-refractivity contribution is -0.133. The number of fused-ring (bicyclic) bond motifs is 1. The van der Waals surface area contributed by atoms with Crippen molar-refractivity contribution in [2.45, 2.75) is 32.2 Å². The molecule has 0 radical (unpaired) electrons. The second-order valence-corrected chi connectivity index (χ2v) is 7.27. The van der Waals surface area contributed by atoms with Crippen LogP contribution >= 0.6 is 0 Å². The second kappa shape index (κ2) is 7.62. The van der Waals surface area contributed by atoms with Gasteiger partial charge in [0.25, 0.3) is 11.6 Å². The molecular weight excluding hydrogens is 377 g/mol. The Hall–Kier alpha value is -3.29. The number of pyridine rings is 1. The number of aryl methyl sites for hydroxylation is 1. The molecule has 4 rings (SSSR count). The number of carbonyl (C=O) groups is 2. The molecule has 0 spiro atoms. The largest absolute Gasteiger partial charge is 0.452 e. The molecule has 0 N–H and O–H groups in total. The molecule has 2 aromatic heterocycles. The summed E-state index contributed by atoms with van der Waals surface area (Å²) in [6, 6.07) is 7.58. The highest BCUT2D eigenvalue weighted by molar-refractivity contribution is 6.03. The van der Waals surface area contributed by atoms with Crippen molar-refractivity contribution in [1.82, 2.24) is 15.0 Å². The minimum atomic E-state index is -0.617. The average molecular weight is 397 g/mol. The summed E-state index contributed by atoms with van der Waals surface area (Å²) in [6.45, 7) is 1.61. The Bertz CT molecular complexity index is 1070. The molecule has 0 bridgehead atoms. The minimum absolute atomic E-state index is 0.284. The molecule has 1 amide bonds. The average Bonchev–Trinajstić information content (AvgIpc) is 3.50. The van der Waals surface area contributed by atoms with Gasteiger partial charge in [0.15, 0.2) is 6.61 Å². The molecule has 0 unspecified atom stereocenters. The normalized spacial score (nSPS) is 13.5. The van der Waals surface area contributed by atoms with Crippen LogP contribution in [0.2, 0.25) is 0 Å². The molecule has 29 heavy (non-hydrogen) atoms. The van der Waals surface area contributed by atoms with Crippen molar-refractivity contribution in [3.8, 4) is 0 Å². The Morgan fingerprint density at radius 1 is 1.28 bits per heavy atom. The molecular formula is C21H20FN3O4. The summed E-state index contributed by atoms with van der Waals surface area (Å²) >= 11 is 0. The molecule has 8 heteroatoms. The first-order chi connectivity index (χ1) is 13.9. The third kappa shape index (κ3) is 4.11. The zero-order valence-electron chi connectivity index (χ0n) is 16.1. The van der Waals surface area contributed by atoms with Crippen molar-refractivity contribution >= 4 is 23.0 Å². The fourth-order valence-electron chi connectivity index (χ4n) is 3.13. The van der Waals surface area contributed by atoms with Gasteiger partial charge in [0, 0.05) is 25.2 Å². The Labute approximate surface area is 166 Å². The van der Waals surface area contributed by atoms with Crippen LogP contribution in [0.25, 0.3) is 11.1 Å². The predicted octanol–water partition coefficient (Wildman–Crippen LogP) is 3.36. The lowest BCUT2D eigenvalue weighted by Crippen LogP contribution is -2.30. The monoisotopic (exact) mass is 397 g/mol. The Morgan fingerprint density at radius 2 is 2.00 bits per heavy atom. The van der Waals surface area contributed by atoms with Gasteiger partial charge in [-0.1, -0.05) is 17.3 Å². The van der Waals surface area contributed by atoms with Crippen LogP contribution in [0.5, 0.6) is 0 Å². The zero-order chi connectivity index (χ0) is 20.5. The van der Waals surface area contributed by atoms with Crippen LogP contribution in [0.4, 0.5) is 4.39 Å². The van der Waals surface area contributed by atoms with Crippen molar-refractivity contribution in [3.05, 3.63) is 58.7 Å². The van der Waals surface area contributed by atoms with Crippen LogP contribution in [-0.2, 0) is 16.1 Å². The van der Waals surface area contributed by atoms with Crippen LogP contribution < -0.4 is 0 Å². The highest BCUT2D eigenvalue weighted by atomic mass is 19.1. The number of amides is 1. The van der Waals surface area contributed by atoms with Gasteiger partial charge < -0.3 is 14.2 Å². The quantitative estimate of drug-likeness (QED) is 0.593. The number of rotatable bonds is 6. The molecule has 0 aliphatic heterocycles. The first-order valence-corrected chi connectivity index (χ1v) is 9.35. The van der Waals surface area contributed by atoms with E-state index >= 15 is 0 Å². The van der Waals surface area contributed by atoms with Gasteiger partial charge in [-0.15, -0.1) is 0 Å². The van der Waals surface area contributed by atoms with E-state index in [1.807, 2.05) is 0 Å². The van der Waals surface area contributed by atoms with E-state index < -0.39 is 12.6 Å². The summed E-state index contributed by atoms with van der Waals surface area (Å²) < 4.78 is 23.5. The van der Waals surface area contributed by atoms with E-state index in [2.05, 4.69) is 10.1 Å². The van der Waals surface area contributed by atoms with Gasteiger partial charge in [-0.3, -0.25) is 4.79 Å². The van der Waals surface area contributed by atoms with E-state index in [0.29, 0.717) is 28.3 Å². The molecule has 1 fully saturated rings. The number of hydrogen-bond acceptors (Lipinski definition) is 6. The standard InChI is InChI=1S/C21H20FN3O4/c1-12-19-16(9-17(14-5-6-14)23-20(19)29-24-12)21(27)28-11-18(26)25(2)10-13-3-7-15(22)8-4-13/h3-4,7-9,14H,5-6,10-11H2,1-2H3. The maximum atomic E-state index is 13.0. The highest BCUT2D eigenvalue weighted by Gasteiger charge is 2.29. The molecule has 1 saturated carbocycles. The molecule has 3 aromatic rings. The summed E-state index contributed by atoms with van der Waals surface area (Å²) in [7, 11) is 1.60. The molecule has 2 heterocycles. The summed E-state index contributed by atoms with van der Waals surface area (Å²) in [6.07, 6.45) is 2.04. The van der Waals surface area contributed by atoms with Gasteiger partial charge in [0.2, 0.25) is 0 Å². The Kier molecular flexibility index (Phi) is 5.00.